The van der Waals surface area contributed by atoms with Crippen LogP contribution < -0.4 is 15.4 Å². The Hall–Kier alpha value is -1.86. The van der Waals surface area contributed by atoms with Gasteiger partial charge in [0, 0.05) is 51.5 Å². The summed E-state index contributed by atoms with van der Waals surface area (Å²) in [4.78, 5) is 11.2. The second-order valence-electron chi connectivity index (χ2n) is 7.46. The molecule has 0 bridgehead atoms. The van der Waals surface area contributed by atoms with Crippen LogP contribution in [-0.2, 0) is 11.3 Å². The van der Waals surface area contributed by atoms with Crippen LogP contribution in [0, 0.1) is 0 Å². The number of nitrogens with zero attached hydrogens (tertiary/aromatic N) is 3. The van der Waals surface area contributed by atoms with E-state index in [9.17, 15) is 0 Å². The summed E-state index contributed by atoms with van der Waals surface area (Å²) >= 11 is 0. The maximum atomic E-state index is 5.65. The summed E-state index contributed by atoms with van der Waals surface area (Å²) in [7, 11) is 1.81. The number of ether oxygens (including phenoxy) is 2. The quantitative estimate of drug-likeness (QED) is 0.471. The summed E-state index contributed by atoms with van der Waals surface area (Å²) in [6.45, 7) is 11.7. The van der Waals surface area contributed by atoms with Crippen molar-refractivity contribution >= 4 is 5.96 Å². The second-order valence-corrected chi connectivity index (χ2v) is 7.46. The summed E-state index contributed by atoms with van der Waals surface area (Å²) in [5.74, 6) is 1.52. The summed E-state index contributed by atoms with van der Waals surface area (Å²) in [5, 5.41) is 6.92. The minimum Gasteiger partial charge on any atom is -0.478 e. The molecule has 7 heteroatoms. The van der Waals surface area contributed by atoms with E-state index in [1.807, 2.05) is 25.4 Å². The van der Waals surface area contributed by atoms with Crippen LogP contribution >= 0.6 is 0 Å². The Bertz CT molecular complexity index is 569. The van der Waals surface area contributed by atoms with Crippen LogP contribution in [0.25, 0.3) is 0 Å². The Morgan fingerprint density at radius 3 is 2.68 bits per heavy atom. The zero-order valence-electron chi connectivity index (χ0n) is 17.9. The lowest BCUT2D eigenvalue weighted by Gasteiger charge is -2.33. The Labute approximate surface area is 169 Å². The summed E-state index contributed by atoms with van der Waals surface area (Å²) in [6.07, 6.45) is 5.38. The van der Waals surface area contributed by atoms with Crippen LogP contribution in [0.15, 0.2) is 23.3 Å². The van der Waals surface area contributed by atoms with Gasteiger partial charge < -0.3 is 25.0 Å². The smallest absolute Gasteiger partial charge is 0.213 e. The van der Waals surface area contributed by atoms with E-state index in [2.05, 4.69) is 46.3 Å². The van der Waals surface area contributed by atoms with Crippen molar-refractivity contribution in [1.82, 2.24) is 20.5 Å². The molecule has 2 rings (SSSR count). The third-order valence-corrected chi connectivity index (χ3v) is 4.72. The Balaban J connectivity index is 1.67. The van der Waals surface area contributed by atoms with Gasteiger partial charge in [-0.1, -0.05) is 13.0 Å². The van der Waals surface area contributed by atoms with Crippen molar-refractivity contribution in [2.75, 3.05) is 39.9 Å². The van der Waals surface area contributed by atoms with Crippen LogP contribution in [-0.4, -0.2) is 67.9 Å². The van der Waals surface area contributed by atoms with Crippen LogP contribution in [0.3, 0.4) is 0 Å². The highest BCUT2D eigenvalue weighted by atomic mass is 16.5. The molecule has 28 heavy (non-hydrogen) atoms. The monoisotopic (exact) mass is 391 g/mol. The molecular weight excluding hydrogens is 354 g/mol. The number of guanidine groups is 1. The van der Waals surface area contributed by atoms with E-state index in [0.29, 0.717) is 31.2 Å². The predicted molar refractivity (Wildman–Crippen MR) is 114 cm³/mol. The molecule has 1 saturated heterocycles. The first-order valence-corrected chi connectivity index (χ1v) is 10.5. The van der Waals surface area contributed by atoms with Crippen molar-refractivity contribution in [3.8, 4) is 5.88 Å². The molecule has 0 saturated carbocycles. The van der Waals surface area contributed by atoms with Crippen molar-refractivity contribution in [2.45, 2.75) is 58.7 Å². The molecule has 0 unspecified atom stereocenters. The topological polar surface area (TPSA) is 71.0 Å². The predicted octanol–water partition coefficient (Wildman–Crippen LogP) is 2.42. The molecule has 0 aliphatic carbocycles. The molecule has 1 aliphatic rings. The van der Waals surface area contributed by atoms with Gasteiger partial charge in [-0.2, -0.15) is 0 Å². The maximum Gasteiger partial charge on any atom is 0.213 e. The van der Waals surface area contributed by atoms with Crippen molar-refractivity contribution in [1.29, 1.82) is 0 Å². The summed E-state index contributed by atoms with van der Waals surface area (Å²) in [5.41, 5.74) is 1.10. The first-order valence-electron chi connectivity index (χ1n) is 10.5. The molecule has 7 nitrogen and oxygen atoms in total. The lowest BCUT2D eigenvalue weighted by Crippen LogP contribution is -2.49. The van der Waals surface area contributed by atoms with Gasteiger partial charge in [0.05, 0.1) is 19.3 Å². The second kappa shape index (κ2) is 12.6. The van der Waals surface area contributed by atoms with Crippen molar-refractivity contribution < 1.29 is 9.47 Å². The number of pyridine rings is 1. The van der Waals surface area contributed by atoms with Gasteiger partial charge in [-0.3, -0.25) is 4.99 Å². The molecule has 0 atom stereocenters. The van der Waals surface area contributed by atoms with Crippen LogP contribution in [0.4, 0.5) is 0 Å². The zero-order chi connectivity index (χ0) is 20.2. The molecule has 0 aromatic carbocycles. The molecule has 1 aliphatic heterocycles. The number of aliphatic imine (C=N–C) groups is 1. The van der Waals surface area contributed by atoms with E-state index >= 15 is 0 Å². The average molecular weight is 392 g/mol. The molecule has 1 fully saturated rings. The van der Waals surface area contributed by atoms with Crippen molar-refractivity contribution in [2.24, 2.45) is 4.99 Å². The van der Waals surface area contributed by atoms with Gasteiger partial charge in [-0.25, -0.2) is 4.98 Å². The molecule has 0 amide bonds. The third kappa shape index (κ3) is 8.44. The fourth-order valence-electron chi connectivity index (χ4n) is 3.10. The molecule has 2 N–H and O–H groups in total. The number of aromatic nitrogens is 1. The van der Waals surface area contributed by atoms with Gasteiger partial charge >= 0.3 is 0 Å². The fraction of sp³-hybridized carbons (Fsp3) is 0.714. The number of likely N-dealkylation sites (tertiary alicyclic amines) is 1. The SMILES string of the molecule is CCCOc1ccc(CNC(=NC)NC2CCN(CCOC(C)C)CC2)cn1. The van der Waals surface area contributed by atoms with Crippen LogP contribution in [0.5, 0.6) is 5.88 Å². The Kier molecular flexibility index (Phi) is 10.1. The minimum absolute atomic E-state index is 0.309. The Morgan fingerprint density at radius 2 is 2.07 bits per heavy atom. The highest BCUT2D eigenvalue weighted by Crippen LogP contribution is 2.11. The van der Waals surface area contributed by atoms with E-state index in [-0.39, 0.29) is 0 Å². The molecule has 1 aromatic heterocycles. The summed E-state index contributed by atoms with van der Waals surface area (Å²) in [6, 6.07) is 4.41. The maximum absolute atomic E-state index is 5.65. The van der Waals surface area contributed by atoms with E-state index in [1.54, 1.807) is 0 Å². The molecule has 1 aromatic rings. The number of rotatable bonds is 10. The largest absolute Gasteiger partial charge is 0.478 e. The highest BCUT2D eigenvalue weighted by Gasteiger charge is 2.19. The normalized spacial score (nSPS) is 16.4. The first-order chi connectivity index (χ1) is 13.6. The third-order valence-electron chi connectivity index (χ3n) is 4.72. The highest BCUT2D eigenvalue weighted by molar-refractivity contribution is 5.79. The van der Waals surface area contributed by atoms with Gasteiger partial charge in [-0.15, -0.1) is 0 Å². The number of hydrogen-bond acceptors (Lipinski definition) is 5. The van der Waals surface area contributed by atoms with E-state index in [4.69, 9.17) is 9.47 Å². The number of nitrogens with one attached hydrogen (secondary N) is 2. The standard InChI is InChI=1S/C21H37N5O2/c1-5-13-28-20-7-6-18(15-23-20)16-24-21(22-4)25-19-8-10-26(11-9-19)12-14-27-17(2)3/h6-7,15,17,19H,5,8-14,16H2,1-4H3,(H2,22,24,25). The fourth-order valence-corrected chi connectivity index (χ4v) is 3.10. The first kappa shape index (κ1) is 22.4. The van der Waals surface area contributed by atoms with Crippen molar-refractivity contribution in [3.63, 3.8) is 0 Å². The van der Waals surface area contributed by atoms with Gasteiger partial charge in [0.15, 0.2) is 5.96 Å². The van der Waals surface area contributed by atoms with Gasteiger partial charge in [0.1, 0.15) is 0 Å². The van der Waals surface area contributed by atoms with Crippen LogP contribution in [0.2, 0.25) is 0 Å². The van der Waals surface area contributed by atoms with Crippen LogP contribution in [0.1, 0.15) is 45.6 Å². The van der Waals surface area contributed by atoms with Crippen molar-refractivity contribution in [3.05, 3.63) is 23.9 Å². The Morgan fingerprint density at radius 1 is 1.29 bits per heavy atom. The number of piperidine rings is 1. The van der Waals surface area contributed by atoms with E-state index in [0.717, 1.165) is 57.0 Å². The molecule has 158 valence electrons. The van der Waals surface area contributed by atoms with E-state index in [1.165, 1.54) is 0 Å². The molecule has 0 radical (unpaired) electrons. The summed E-state index contributed by atoms with van der Waals surface area (Å²) < 4.78 is 11.2. The van der Waals surface area contributed by atoms with E-state index < -0.39 is 0 Å². The lowest BCUT2D eigenvalue weighted by atomic mass is 10.1. The molecule has 0 spiro atoms. The van der Waals surface area contributed by atoms with Gasteiger partial charge in [0.25, 0.3) is 0 Å². The zero-order valence-corrected chi connectivity index (χ0v) is 17.9. The average Bonchev–Trinajstić information content (AvgIpc) is 2.71. The molecular formula is C21H37N5O2. The number of hydrogen-bond donors (Lipinski definition) is 2. The lowest BCUT2D eigenvalue weighted by molar-refractivity contribution is 0.0532. The van der Waals surface area contributed by atoms with Gasteiger partial charge in [-0.05, 0) is 38.7 Å². The molecule has 2 heterocycles. The van der Waals surface area contributed by atoms with Gasteiger partial charge in [0.2, 0.25) is 5.88 Å². The minimum atomic E-state index is 0.309.